The minimum absolute atomic E-state index is 0.00100. The van der Waals surface area contributed by atoms with Crippen molar-refractivity contribution in [3.63, 3.8) is 0 Å². The van der Waals surface area contributed by atoms with E-state index in [4.69, 9.17) is 9.40 Å². The Morgan fingerprint density at radius 1 is 1.17 bits per heavy atom. The highest BCUT2D eigenvalue weighted by atomic mass is 16.3. The highest BCUT2D eigenvalue weighted by Gasteiger charge is 2.50. The van der Waals surface area contributed by atoms with E-state index in [2.05, 4.69) is 21.4 Å². The molecule has 8 nitrogen and oxygen atoms in total. The van der Waals surface area contributed by atoms with Gasteiger partial charge in [0.15, 0.2) is 12.2 Å². The predicted molar refractivity (Wildman–Crippen MR) is 132 cm³/mol. The lowest BCUT2D eigenvalue weighted by atomic mass is 9.65. The summed E-state index contributed by atoms with van der Waals surface area (Å²) in [6.45, 7) is 5.15. The van der Waals surface area contributed by atoms with Crippen molar-refractivity contribution in [3.8, 4) is 11.3 Å². The largest absolute Gasteiger partial charge is 0.444 e. The summed E-state index contributed by atoms with van der Waals surface area (Å²) in [7, 11) is 0. The predicted octanol–water partition coefficient (Wildman–Crippen LogP) is 4.68. The van der Waals surface area contributed by atoms with Gasteiger partial charge in [-0.1, -0.05) is 30.8 Å². The number of fused-ring (bicyclic) bond motifs is 1. The van der Waals surface area contributed by atoms with Crippen LogP contribution in [-0.4, -0.2) is 44.3 Å². The van der Waals surface area contributed by atoms with Gasteiger partial charge in [-0.2, -0.15) is 0 Å². The van der Waals surface area contributed by atoms with Crippen LogP contribution in [0, 0.1) is 5.41 Å². The standard InChI is InChI=1S/C27H25N5O3/c1-2-24(33)31-11-10-27(16-31)13-20(14-27)32-22-9-4-3-8-21(22)29-26(32)30-25(34)19-7-5-6-18(12-19)23-15-28-17-35-23/h2-9,12,15,17,20H,1,10-11,13-14,16H2,(H,29,30,34). The number of amides is 2. The van der Waals surface area contributed by atoms with E-state index in [1.54, 1.807) is 18.3 Å². The molecule has 4 aromatic rings. The Bertz CT molecular complexity index is 1430. The van der Waals surface area contributed by atoms with Gasteiger partial charge in [0.05, 0.1) is 17.2 Å². The van der Waals surface area contributed by atoms with Crippen LogP contribution >= 0.6 is 0 Å². The molecule has 2 aliphatic rings. The van der Waals surface area contributed by atoms with Gasteiger partial charge in [-0.3, -0.25) is 14.9 Å². The molecule has 0 bridgehead atoms. The van der Waals surface area contributed by atoms with E-state index in [1.165, 1.54) is 12.5 Å². The van der Waals surface area contributed by atoms with Gasteiger partial charge in [-0.25, -0.2) is 9.97 Å². The summed E-state index contributed by atoms with van der Waals surface area (Å²) in [6.07, 6.45) is 7.26. The number of carbonyl (C=O) groups is 2. The second-order valence-electron chi connectivity index (χ2n) is 9.47. The Morgan fingerprint density at radius 3 is 2.83 bits per heavy atom. The summed E-state index contributed by atoms with van der Waals surface area (Å²) < 4.78 is 7.52. The zero-order chi connectivity index (χ0) is 24.0. The zero-order valence-corrected chi connectivity index (χ0v) is 19.2. The number of anilines is 1. The molecule has 1 aliphatic carbocycles. The van der Waals surface area contributed by atoms with E-state index >= 15 is 0 Å². The molecular weight excluding hydrogens is 442 g/mol. The SMILES string of the molecule is C=CC(=O)N1CCC2(CC(n3c(NC(=O)c4cccc(-c5cnco5)c4)nc4ccccc43)C2)C1. The van der Waals surface area contributed by atoms with Gasteiger partial charge in [-0.15, -0.1) is 0 Å². The third-order valence-corrected chi connectivity index (χ3v) is 7.29. The third-order valence-electron chi connectivity index (χ3n) is 7.29. The highest BCUT2D eigenvalue weighted by Crippen LogP contribution is 2.55. The van der Waals surface area contributed by atoms with Crippen LogP contribution in [0.4, 0.5) is 5.95 Å². The molecule has 3 heterocycles. The molecule has 1 saturated heterocycles. The molecule has 2 aromatic carbocycles. The van der Waals surface area contributed by atoms with Gasteiger partial charge in [0.25, 0.3) is 5.91 Å². The first-order valence-corrected chi connectivity index (χ1v) is 11.7. The van der Waals surface area contributed by atoms with E-state index in [-0.39, 0.29) is 23.3 Å². The van der Waals surface area contributed by atoms with Crippen molar-refractivity contribution in [3.05, 3.63) is 79.3 Å². The molecule has 1 aliphatic heterocycles. The molecule has 2 amide bonds. The molecule has 8 heteroatoms. The van der Waals surface area contributed by atoms with Gasteiger partial charge in [0, 0.05) is 30.3 Å². The van der Waals surface area contributed by atoms with Gasteiger partial charge >= 0.3 is 0 Å². The number of para-hydroxylation sites is 2. The van der Waals surface area contributed by atoms with Crippen molar-refractivity contribution < 1.29 is 14.0 Å². The Hall–Kier alpha value is -4.20. The molecule has 6 rings (SSSR count). The van der Waals surface area contributed by atoms with Crippen LogP contribution in [0.25, 0.3) is 22.4 Å². The molecule has 2 aromatic heterocycles. The smallest absolute Gasteiger partial charge is 0.257 e. The van der Waals surface area contributed by atoms with E-state index in [9.17, 15) is 9.59 Å². The minimum Gasteiger partial charge on any atom is -0.444 e. The maximum absolute atomic E-state index is 13.2. The number of carbonyl (C=O) groups excluding carboxylic acids is 2. The van der Waals surface area contributed by atoms with Crippen LogP contribution in [0.3, 0.4) is 0 Å². The summed E-state index contributed by atoms with van der Waals surface area (Å²) in [6, 6.07) is 15.4. The molecule has 1 N–H and O–H groups in total. The summed E-state index contributed by atoms with van der Waals surface area (Å²) >= 11 is 0. The van der Waals surface area contributed by atoms with Gasteiger partial charge in [0.1, 0.15) is 0 Å². The molecule has 1 spiro atoms. The highest BCUT2D eigenvalue weighted by molar-refractivity contribution is 6.04. The van der Waals surface area contributed by atoms with Crippen molar-refractivity contribution in [1.29, 1.82) is 0 Å². The summed E-state index contributed by atoms with van der Waals surface area (Å²) in [5.74, 6) is 0.907. The summed E-state index contributed by atoms with van der Waals surface area (Å²) in [5.41, 5.74) is 3.26. The maximum atomic E-state index is 13.2. The number of nitrogens with one attached hydrogen (secondary N) is 1. The molecule has 0 unspecified atom stereocenters. The Labute approximate surface area is 202 Å². The third kappa shape index (κ3) is 3.71. The molecule has 1 saturated carbocycles. The van der Waals surface area contributed by atoms with Crippen molar-refractivity contribution in [2.75, 3.05) is 18.4 Å². The molecule has 176 valence electrons. The Morgan fingerprint density at radius 2 is 2.03 bits per heavy atom. The fourth-order valence-corrected chi connectivity index (χ4v) is 5.56. The first-order chi connectivity index (χ1) is 17.0. The van der Waals surface area contributed by atoms with Crippen molar-refractivity contribution in [1.82, 2.24) is 19.4 Å². The number of likely N-dealkylation sites (tertiary alicyclic amines) is 1. The van der Waals surface area contributed by atoms with Crippen LogP contribution in [0.1, 0.15) is 35.7 Å². The molecule has 2 fully saturated rings. The first kappa shape index (κ1) is 21.3. The summed E-state index contributed by atoms with van der Waals surface area (Å²) in [5, 5.41) is 3.04. The van der Waals surface area contributed by atoms with Gasteiger partial charge in [-0.05, 0) is 55.0 Å². The number of nitrogens with zero attached hydrogens (tertiary/aromatic N) is 4. The van der Waals surface area contributed by atoms with Crippen LogP contribution in [0.5, 0.6) is 0 Å². The normalized spacial score (nSPS) is 21.3. The molecular formula is C27H25N5O3. The number of hydrogen-bond donors (Lipinski definition) is 1. The summed E-state index contributed by atoms with van der Waals surface area (Å²) in [4.78, 5) is 35.9. The van der Waals surface area contributed by atoms with Gasteiger partial charge in [0.2, 0.25) is 11.9 Å². The topological polar surface area (TPSA) is 93.3 Å². The lowest BCUT2D eigenvalue weighted by molar-refractivity contribution is -0.125. The van der Waals surface area contributed by atoms with E-state index < -0.39 is 0 Å². The fourth-order valence-electron chi connectivity index (χ4n) is 5.56. The van der Waals surface area contributed by atoms with Crippen LogP contribution < -0.4 is 5.32 Å². The van der Waals surface area contributed by atoms with E-state index in [1.807, 2.05) is 41.3 Å². The molecule has 0 radical (unpaired) electrons. The monoisotopic (exact) mass is 467 g/mol. The van der Waals surface area contributed by atoms with Crippen molar-refractivity contribution in [2.45, 2.75) is 25.3 Å². The quantitative estimate of drug-likeness (QED) is 0.430. The molecule has 35 heavy (non-hydrogen) atoms. The number of oxazole rings is 1. The van der Waals surface area contributed by atoms with Gasteiger partial charge < -0.3 is 13.9 Å². The Kier molecular flexibility index (Phi) is 5.02. The Balaban J connectivity index is 1.26. The average Bonchev–Trinajstić information content (AvgIpc) is 3.61. The molecule has 0 atom stereocenters. The van der Waals surface area contributed by atoms with Crippen molar-refractivity contribution >= 4 is 28.8 Å². The number of rotatable bonds is 5. The zero-order valence-electron chi connectivity index (χ0n) is 19.2. The van der Waals surface area contributed by atoms with Crippen LogP contribution in [0.2, 0.25) is 0 Å². The minimum atomic E-state index is -0.236. The lowest BCUT2D eigenvalue weighted by Crippen LogP contribution is -2.42. The van der Waals surface area contributed by atoms with Crippen molar-refractivity contribution in [2.24, 2.45) is 5.41 Å². The number of benzene rings is 2. The number of imidazole rings is 1. The first-order valence-electron chi connectivity index (χ1n) is 11.7. The maximum Gasteiger partial charge on any atom is 0.257 e. The lowest BCUT2D eigenvalue weighted by Gasteiger charge is -2.46. The second-order valence-corrected chi connectivity index (χ2v) is 9.47. The van der Waals surface area contributed by atoms with Crippen LogP contribution in [-0.2, 0) is 4.79 Å². The van der Waals surface area contributed by atoms with E-state index in [0.29, 0.717) is 17.3 Å². The fraction of sp³-hybridized carbons (Fsp3) is 0.259. The second kappa shape index (κ2) is 8.23. The number of aromatic nitrogens is 3. The van der Waals surface area contributed by atoms with E-state index in [0.717, 1.165) is 48.9 Å². The average molecular weight is 468 g/mol. The van der Waals surface area contributed by atoms with Crippen LogP contribution in [0.15, 0.2) is 78.2 Å². The number of hydrogen-bond acceptors (Lipinski definition) is 5.